The minimum absolute atomic E-state index is 0. The Morgan fingerprint density at radius 1 is 1.06 bits per heavy atom. The molecule has 0 saturated heterocycles. The molecule has 5 rings (SSSR count). The van der Waals surface area contributed by atoms with Gasteiger partial charge in [0.2, 0.25) is 6.79 Å². The van der Waals surface area contributed by atoms with Gasteiger partial charge in [-0.05, 0) is 31.0 Å². The second-order valence-corrected chi connectivity index (χ2v) is 8.14. The summed E-state index contributed by atoms with van der Waals surface area (Å²) in [5.74, 6) is 1.08. The molecule has 0 bridgehead atoms. The van der Waals surface area contributed by atoms with Crippen molar-refractivity contribution in [3.8, 4) is 5.75 Å². The first-order valence-electron chi connectivity index (χ1n) is 10.9. The van der Waals surface area contributed by atoms with Crippen molar-refractivity contribution in [2.45, 2.75) is 32.9 Å². The summed E-state index contributed by atoms with van der Waals surface area (Å²) >= 11 is 0. The largest absolute Gasteiger partial charge is 0.480 e. The summed E-state index contributed by atoms with van der Waals surface area (Å²) in [7, 11) is 0. The van der Waals surface area contributed by atoms with E-state index in [1.165, 1.54) is 6.07 Å². The molecule has 1 aliphatic rings. The molecule has 5 nitrogen and oxygen atoms in total. The Balaban J connectivity index is 0.00000274. The highest BCUT2D eigenvalue weighted by Crippen LogP contribution is 2.34. The van der Waals surface area contributed by atoms with E-state index in [1.54, 1.807) is 24.6 Å². The Bertz CT molecular complexity index is 1320. The number of halogens is 2. The molecular formula is C27H26ClFN2O3. The van der Waals surface area contributed by atoms with Gasteiger partial charge in [0.15, 0.2) is 11.9 Å². The maximum absolute atomic E-state index is 14.5. The highest BCUT2D eigenvalue weighted by atomic mass is 35.5. The van der Waals surface area contributed by atoms with Crippen LogP contribution in [0.3, 0.4) is 0 Å². The van der Waals surface area contributed by atoms with Crippen LogP contribution in [0.15, 0.2) is 78.9 Å². The van der Waals surface area contributed by atoms with Gasteiger partial charge in [-0.2, -0.15) is 0 Å². The van der Waals surface area contributed by atoms with Crippen LogP contribution in [-0.4, -0.2) is 22.4 Å². The number of hydrogen-bond acceptors (Lipinski definition) is 4. The molecule has 176 valence electrons. The van der Waals surface area contributed by atoms with Crippen LogP contribution in [0.1, 0.15) is 22.4 Å². The molecule has 2 aromatic heterocycles. The van der Waals surface area contributed by atoms with E-state index in [0.717, 1.165) is 27.9 Å². The van der Waals surface area contributed by atoms with E-state index in [4.69, 9.17) is 14.2 Å². The Morgan fingerprint density at radius 3 is 2.56 bits per heavy atom. The third-order valence-electron chi connectivity index (χ3n) is 6.09. The lowest BCUT2D eigenvalue weighted by molar-refractivity contribution is 0.0559. The minimum atomic E-state index is -0.377. The summed E-state index contributed by atoms with van der Waals surface area (Å²) in [6.07, 6.45) is 3.60. The maximum atomic E-state index is 14.5. The summed E-state index contributed by atoms with van der Waals surface area (Å²) in [5.41, 5.74) is 5.49. The van der Waals surface area contributed by atoms with Crippen LogP contribution < -0.4 is 4.74 Å². The van der Waals surface area contributed by atoms with E-state index in [2.05, 4.69) is 21.7 Å². The van der Waals surface area contributed by atoms with Gasteiger partial charge in [0, 0.05) is 29.9 Å². The van der Waals surface area contributed by atoms with Gasteiger partial charge in [-0.3, -0.25) is 4.98 Å². The highest BCUT2D eigenvalue weighted by Gasteiger charge is 2.25. The second kappa shape index (κ2) is 10.2. The molecule has 7 heteroatoms. The lowest BCUT2D eigenvalue weighted by atomic mass is 10.1. The average molecular weight is 481 g/mol. The third-order valence-corrected chi connectivity index (χ3v) is 6.09. The van der Waals surface area contributed by atoms with Gasteiger partial charge in [0.05, 0.1) is 12.1 Å². The van der Waals surface area contributed by atoms with Crippen molar-refractivity contribution >= 4 is 23.4 Å². The average Bonchev–Trinajstić information content (AvgIpc) is 3.45. The van der Waals surface area contributed by atoms with Crippen LogP contribution in [0.2, 0.25) is 0 Å². The molecule has 0 amide bonds. The van der Waals surface area contributed by atoms with Crippen molar-refractivity contribution in [2.75, 3.05) is 6.79 Å². The van der Waals surface area contributed by atoms with Crippen molar-refractivity contribution in [1.82, 2.24) is 9.55 Å². The minimum Gasteiger partial charge on any atom is -0.480 e. The van der Waals surface area contributed by atoms with Gasteiger partial charge in [0.25, 0.3) is 0 Å². The fraction of sp³-hybridized carbons (Fsp3) is 0.222. The van der Waals surface area contributed by atoms with Crippen LogP contribution in [0.4, 0.5) is 4.39 Å². The van der Waals surface area contributed by atoms with Crippen LogP contribution >= 0.6 is 12.4 Å². The molecule has 0 fully saturated rings. The van der Waals surface area contributed by atoms with E-state index in [9.17, 15) is 4.39 Å². The monoisotopic (exact) mass is 480 g/mol. The predicted molar refractivity (Wildman–Crippen MR) is 132 cm³/mol. The number of pyridine rings is 1. The standard InChI is InChI=1S/C27H25FN2O3.ClH/c1-18-19(2)30(15-21-10-6-7-11-22(21)28)27-23(12-13-29-26(18)27)33-24(25-16-31-17-32-25)14-20-8-4-3-5-9-20;/h3-13,16,24H,14-15,17H2,1-2H3;1H. The van der Waals surface area contributed by atoms with E-state index in [1.807, 2.05) is 44.2 Å². The second-order valence-electron chi connectivity index (χ2n) is 8.14. The van der Waals surface area contributed by atoms with Crippen LogP contribution in [0, 0.1) is 19.7 Å². The van der Waals surface area contributed by atoms with Gasteiger partial charge in [0.1, 0.15) is 23.3 Å². The van der Waals surface area contributed by atoms with Crippen molar-refractivity contribution in [3.05, 3.63) is 107 Å². The summed E-state index contributed by atoms with van der Waals surface area (Å²) in [6.45, 7) is 4.62. The Hall–Kier alpha value is -3.51. The van der Waals surface area contributed by atoms with Gasteiger partial charge in [-0.25, -0.2) is 4.39 Å². The van der Waals surface area contributed by atoms with E-state index < -0.39 is 0 Å². The fourth-order valence-corrected chi connectivity index (χ4v) is 4.21. The lowest BCUT2D eigenvalue weighted by Crippen LogP contribution is -2.23. The van der Waals surface area contributed by atoms with Crippen LogP contribution in [-0.2, 0) is 22.4 Å². The highest BCUT2D eigenvalue weighted by molar-refractivity contribution is 5.86. The third kappa shape index (κ3) is 4.59. The van der Waals surface area contributed by atoms with E-state index in [-0.39, 0.29) is 31.1 Å². The van der Waals surface area contributed by atoms with Gasteiger partial charge in [-0.1, -0.05) is 48.5 Å². The number of ether oxygens (including phenoxy) is 3. The SMILES string of the molecule is Cc1c(C)n(Cc2ccccc2F)c2c(OC(Cc3ccccc3)C3=COCO3)ccnc12.Cl. The first-order chi connectivity index (χ1) is 16.1. The Labute approximate surface area is 204 Å². The summed E-state index contributed by atoms with van der Waals surface area (Å²) in [4.78, 5) is 4.61. The number of aryl methyl sites for hydroxylation is 1. The quantitative estimate of drug-likeness (QED) is 0.320. The van der Waals surface area contributed by atoms with Crippen molar-refractivity contribution in [1.29, 1.82) is 0 Å². The van der Waals surface area contributed by atoms with E-state index >= 15 is 0 Å². The summed E-state index contributed by atoms with van der Waals surface area (Å²) < 4.78 is 34.1. The number of rotatable bonds is 7. The molecule has 1 atom stereocenters. The molecule has 2 aromatic carbocycles. The normalized spacial score (nSPS) is 13.6. The van der Waals surface area contributed by atoms with Gasteiger partial charge >= 0.3 is 0 Å². The van der Waals surface area contributed by atoms with Crippen molar-refractivity contribution in [2.24, 2.45) is 0 Å². The first kappa shape index (κ1) is 23.6. The van der Waals surface area contributed by atoms with Crippen molar-refractivity contribution in [3.63, 3.8) is 0 Å². The molecule has 3 heterocycles. The fourth-order valence-electron chi connectivity index (χ4n) is 4.21. The lowest BCUT2D eigenvalue weighted by Gasteiger charge is -2.20. The maximum Gasteiger partial charge on any atom is 0.230 e. The number of fused-ring (bicyclic) bond motifs is 1. The zero-order valence-corrected chi connectivity index (χ0v) is 19.8. The summed E-state index contributed by atoms with van der Waals surface area (Å²) in [5, 5.41) is 0. The number of nitrogens with zero attached hydrogens (tertiary/aromatic N) is 2. The van der Waals surface area contributed by atoms with E-state index in [0.29, 0.717) is 30.0 Å². The Morgan fingerprint density at radius 2 is 1.82 bits per heavy atom. The van der Waals surface area contributed by atoms with Gasteiger partial charge in [-0.15, -0.1) is 12.4 Å². The Kier molecular flexibility index (Phi) is 7.08. The molecule has 0 N–H and O–H groups in total. The number of aromatic nitrogens is 2. The smallest absolute Gasteiger partial charge is 0.230 e. The predicted octanol–water partition coefficient (Wildman–Crippen LogP) is 6.10. The molecule has 0 aliphatic carbocycles. The number of hydrogen-bond donors (Lipinski definition) is 0. The molecule has 34 heavy (non-hydrogen) atoms. The summed E-state index contributed by atoms with van der Waals surface area (Å²) in [6, 6.07) is 18.8. The van der Waals surface area contributed by atoms with Crippen LogP contribution in [0.5, 0.6) is 5.75 Å². The molecule has 0 radical (unpaired) electrons. The zero-order valence-electron chi connectivity index (χ0n) is 19.0. The topological polar surface area (TPSA) is 45.5 Å². The number of benzene rings is 2. The first-order valence-corrected chi connectivity index (χ1v) is 10.9. The van der Waals surface area contributed by atoms with Crippen molar-refractivity contribution < 1.29 is 18.6 Å². The molecule has 0 spiro atoms. The van der Waals surface area contributed by atoms with Gasteiger partial charge < -0.3 is 18.8 Å². The molecule has 1 aliphatic heterocycles. The molecule has 4 aromatic rings. The van der Waals surface area contributed by atoms with Crippen LogP contribution in [0.25, 0.3) is 11.0 Å². The molecule has 0 saturated carbocycles. The molecular weight excluding hydrogens is 455 g/mol. The zero-order chi connectivity index (χ0) is 22.8. The molecule has 1 unspecified atom stereocenters.